The van der Waals surface area contributed by atoms with E-state index in [4.69, 9.17) is 0 Å². The van der Waals surface area contributed by atoms with Crippen molar-refractivity contribution < 1.29 is 14.1 Å². The van der Waals surface area contributed by atoms with Crippen LogP contribution in [0.15, 0.2) is 60.9 Å². The van der Waals surface area contributed by atoms with Gasteiger partial charge in [-0.1, -0.05) is 0 Å². The van der Waals surface area contributed by atoms with E-state index in [9.17, 15) is 19.3 Å². The van der Waals surface area contributed by atoms with E-state index in [0.29, 0.717) is 5.69 Å². The molecule has 0 radical (unpaired) electrons. The Morgan fingerprint density at radius 3 is 2.58 bits per heavy atom. The summed E-state index contributed by atoms with van der Waals surface area (Å²) >= 11 is 0. The number of benzene rings is 2. The average Bonchev–Trinajstić information content (AvgIpc) is 3.10. The maximum atomic E-state index is 12.9. The van der Waals surface area contributed by atoms with E-state index in [1.807, 2.05) is 0 Å². The first-order chi connectivity index (χ1) is 11.5. The van der Waals surface area contributed by atoms with Crippen LogP contribution in [0, 0.1) is 15.9 Å². The van der Waals surface area contributed by atoms with Gasteiger partial charge in [0.1, 0.15) is 11.5 Å². The van der Waals surface area contributed by atoms with Crippen LogP contribution in [0.4, 0.5) is 15.8 Å². The Bertz CT molecular complexity index is 892. The van der Waals surface area contributed by atoms with Crippen LogP contribution in [0.5, 0.6) is 0 Å². The number of nitrogens with zero attached hydrogens (tertiary/aromatic N) is 3. The van der Waals surface area contributed by atoms with Crippen LogP contribution in [0.25, 0.3) is 5.69 Å². The number of hydrogen-bond acceptors (Lipinski definition) is 4. The number of nitro groups is 1. The molecule has 3 aromatic rings. The van der Waals surface area contributed by atoms with E-state index in [-0.39, 0.29) is 16.9 Å². The molecule has 0 spiro atoms. The van der Waals surface area contributed by atoms with Crippen molar-refractivity contribution in [3.05, 3.63) is 82.4 Å². The van der Waals surface area contributed by atoms with Gasteiger partial charge in [0.05, 0.1) is 4.92 Å². The zero-order valence-corrected chi connectivity index (χ0v) is 12.2. The summed E-state index contributed by atoms with van der Waals surface area (Å²) < 4.78 is 14.2. The molecular weight excluding hydrogens is 315 g/mol. The average molecular weight is 326 g/mol. The van der Waals surface area contributed by atoms with Gasteiger partial charge in [0.15, 0.2) is 0 Å². The number of rotatable bonds is 4. The predicted octanol–water partition coefficient (Wildman–Crippen LogP) is 3.17. The van der Waals surface area contributed by atoms with Crippen molar-refractivity contribution in [2.24, 2.45) is 0 Å². The first-order valence-corrected chi connectivity index (χ1v) is 6.90. The van der Waals surface area contributed by atoms with Gasteiger partial charge >= 0.3 is 0 Å². The summed E-state index contributed by atoms with van der Waals surface area (Å²) in [7, 11) is 0. The van der Waals surface area contributed by atoms with Crippen molar-refractivity contribution >= 4 is 17.3 Å². The fourth-order valence-electron chi connectivity index (χ4n) is 2.15. The summed E-state index contributed by atoms with van der Waals surface area (Å²) in [5, 5.41) is 17.8. The molecule has 0 unspecified atom stereocenters. The van der Waals surface area contributed by atoms with Gasteiger partial charge in [-0.05, 0) is 42.5 Å². The van der Waals surface area contributed by atoms with E-state index >= 15 is 0 Å². The highest BCUT2D eigenvalue weighted by Crippen LogP contribution is 2.24. The third-order valence-corrected chi connectivity index (χ3v) is 3.29. The Labute approximate surface area is 135 Å². The number of nitrogens with one attached hydrogen (secondary N) is 1. The second-order valence-corrected chi connectivity index (χ2v) is 4.87. The number of aromatic nitrogens is 2. The van der Waals surface area contributed by atoms with Crippen LogP contribution >= 0.6 is 0 Å². The van der Waals surface area contributed by atoms with Crippen molar-refractivity contribution in [1.29, 1.82) is 0 Å². The van der Waals surface area contributed by atoms with E-state index in [1.165, 1.54) is 53.3 Å². The molecule has 0 saturated carbocycles. The molecule has 0 aliphatic heterocycles. The van der Waals surface area contributed by atoms with Crippen LogP contribution < -0.4 is 5.32 Å². The largest absolute Gasteiger partial charge is 0.322 e. The summed E-state index contributed by atoms with van der Waals surface area (Å²) in [6.07, 6.45) is 3.07. The van der Waals surface area contributed by atoms with E-state index in [2.05, 4.69) is 10.4 Å². The highest BCUT2D eigenvalue weighted by atomic mass is 19.1. The van der Waals surface area contributed by atoms with Crippen molar-refractivity contribution in [2.75, 3.05) is 5.32 Å². The zero-order valence-electron chi connectivity index (χ0n) is 12.2. The lowest BCUT2D eigenvalue weighted by molar-refractivity contribution is -0.384. The number of anilines is 1. The SMILES string of the molecule is O=C(Nc1ccc(F)cc1)c1ccc(-n2cccn2)c([N+](=O)[O-])c1. The Morgan fingerprint density at radius 1 is 1.21 bits per heavy atom. The van der Waals surface area contributed by atoms with E-state index < -0.39 is 16.6 Å². The summed E-state index contributed by atoms with van der Waals surface area (Å²) in [4.78, 5) is 22.9. The maximum Gasteiger partial charge on any atom is 0.295 e. The Kier molecular flexibility index (Phi) is 4.02. The zero-order chi connectivity index (χ0) is 17.1. The second-order valence-electron chi connectivity index (χ2n) is 4.87. The Balaban J connectivity index is 1.91. The fourth-order valence-corrected chi connectivity index (χ4v) is 2.15. The monoisotopic (exact) mass is 326 g/mol. The van der Waals surface area contributed by atoms with Gasteiger partial charge in [-0.15, -0.1) is 0 Å². The molecule has 24 heavy (non-hydrogen) atoms. The van der Waals surface area contributed by atoms with Crippen LogP contribution in [0.1, 0.15) is 10.4 Å². The first-order valence-electron chi connectivity index (χ1n) is 6.90. The lowest BCUT2D eigenvalue weighted by Gasteiger charge is -2.07. The third kappa shape index (κ3) is 3.12. The molecule has 1 aromatic heterocycles. The predicted molar refractivity (Wildman–Crippen MR) is 84.6 cm³/mol. The van der Waals surface area contributed by atoms with Crippen LogP contribution in [-0.2, 0) is 0 Å². The minimum Gasteiger partial charge on any atom is -0.322 e. The summed E-state index contributed by atoms with van der Waals surface area (Å²) in [6, 6.07) is 10.9. The molecule has 0 aliphatic carbocycles. The molecule has 1 heterocycles. The first kappa shape index (κ1) is 15.3. The van der Waals surface area contributed by atoms with E-state index in [0.717, 1.165) is 0 Å². The molecule has 3 rings (SSSR count). The maximum absolute atomic E-state index is 12.9. The van der Waals surface area contributed by atoms with Crippen molar-refractivity contribution in [2.45, 2.75) is 0 Å². The Morgan fingerprint density at radius 2 is 1.96 bits per heavy atom. The van der Waals surface area contributed by atoms with Crippen LogP contribution in [0.2, 0.25) is 0 Å². The summed E-state index contributed by atoms with van der Waals surface area (Å²) in [5.74, 6) is -0.955. The molecule has 0 aliphatic rings. The smallest absolute Gasteiger partial charge is 0.295 e. The molecule has 8 heteroatoms. The van der Waals surface area contributed by atoms with Gasteiger partial charge in [-0.3, -0.25) is 14.9 Å². The highest BCUT2D eigenvalue weighted by Gasteiger charge is 2.19. The molecule has 0 atom stereocenters. The van der Waals surface area contributed by atoms with Crippen LogP contribution in [0.3, 0.4) is 0 Å². The van der Waals surface area contributed by atoms with Gasteiger partial charge in [0.2, 0.25) is 0 Å². The second kappa shape index (κ2) is 6.29. The molecule has 2 aromatic carbocycles. The molecule has 0 fully saturated rings. The minimum atomic E-state index is -0.578. The minimum absolute atomic E-state index is 0.113. The lowest BCUT2D eigenvalue weighted by Crippen LogP contribution is -2.13. The number of hydrogen-bond donors (Lipinski definition) is 1. The molecule has 1 N–H and O–H groups in total. The molecule has 0 saturated heterocycles. The third-order valence-electron chi connectivity index (χ3n) is 3.29. The molecular formula is C16H11FN4O3. The molecule has 1 amide bonds. The number of nitro benzene ring substituents is 1. The van der Waals surface area contributed by atoms with Crippen molar-refractivity contribution in [1.82, 2.24) is 9.78 Å². The van der Waals surface area contributed by atoms with Gasteiger partial charge in [-0.2, -0.15) is 5.10 Å². The van der Waals surface area contributed by atoms with E-state index in [1.54, 1.807) is 12.3 Å². The molecule has 120 valence electrons. The van der Waals surface area contributed by atoms with Gasteiger partial charge in [-0.25, -0.2) is 9.07 Å². The van der Waals surface area contributed by atoms with Gasteiger partial charge < -0.3 is 5.32 Å². The summed E-state index contributed by atoms with van der Waals surface area (Å²) in [5.41, 5.74) is 0.510. The van der Waals surface area contributed by atoms with Crippen LogP contribution in [-0.4, -0.2) is 20.6 Å². The van der Waals surface area contributed by atoms with Crippen molar-refractivity contribution in [3.8, 4) is 5.69 Å². The fraction of sp³-hybridized carbons (Fsp3) is 0. The number of carbonyl (C=O) groups is 1. The normalized spacial score (nSPS) is 10.4. The quantitative estimate of drug-likeness (QED) is 0.589. The number of halogens is 1. The lowest BCUT2D eigenvalue weighted by atomic mass is 10.1. The molecule has 7 nitrogen and oxygen atoms in total. The standard InChI is InChI=1S/C16H11FN4O3/c17-12-3-5-13(6-4-12)19-16(22)11-2-7-14(15(10-11)21(23)24)20-9-1-8-18-20/h1-10H,(H,19,22). The van der Waals surface area contributed by atoms with Gasteiger partial charge in [0, 0.05) is 29.7 Å². The topological polar surface area (TPSA) is 90.1 Å². The molecule has 0 bridgehead atoms. The number of amides is 1. The Hall–Kier alpha value is -3.55. The van der Waals surface area contributed by atoms with Gasteiger partial charge in [0.25, 0.3) is 11.6 Å². The van der Waals surface area contributed by atoms with Crippen molar-refractivity contribution in [3.63, 3.8) is 0 Å². The highest BCUT2D eigenvalue weighted by molar-refractivity contribution is 6.04. The summed E-state index contributed by atoms with van der Waals surface area (Å²) in [6.45, 7) is 0. The number of carbonyl (C=O) groups excluding carboxylic acids is 1.